The molecule has 0 aromatic heterocycles. The molecule has 5 heteroatoms. The third-order valence-electron chi connectivity index (χ3n) is 4.01. The molecule has 22 heavy (non-hydrogen) atoms. The fraction of sp³-hybridized carbons (Fsp3) is 0.294. The molecule has 0 spiro atoms. The molecule has 1 fully saturated rings. The fourth-order valence-electron chi connectivity index (χ4n) is 2.67. The van der Waals surface area contributed by atoms with Gasteiger partial charge >= 0.3 is 0 Å². The Labute approximate surface area is 129 Å². The molecule has 1 aliphatic rings. The van der Waals surface area contributed by atoms with Crippen molar-refractivity contribution in [3.8, 4) is 0 Å². The van der Waals surface area contributed by atoms with Crippen LogP contribution in [0.4, 0.5) is 5.69 Å². The van der Waals surface area contributed by atoms with Gasteiger partial charge in [0.2, 0.25) is 11.8 Å². The molecule has 1 saturated heterocycles. The number of rotatable bonds is 3. The van der Waals surface area contributed by atoms with Crippen molar-refractivity contribution in [2.24, 2.45) is 0 Å². The van der Waals surface area contributed by atoms with Gasteiger partial charge in [0.1, 0.15) is 0 Å². The van der Waals surface area contributed by atoms with Crippen molar-refractivity contribution in [2.45, 2.75) is 13.0 Å². The highest BCUT2D eigenvalue weighted by Gasteiger charge is 2.25. The Morgan fingerprint density at radius 1 is 1.23 bits per heavy atom. The average Bonchev–Trinajstić information content (AvgIpc) is 2.54. The van der Waals surface area contributed by atoms with Gasteiger partial charge in [0, 0.05) is 18.8 Å². The standard InChI is InChI=1S/C17H19N3O2/c1-12(20-9-8-18-16(21)11-20)17(22)19-15-7-6-13-4-2-3-5-14(13)10-15/h2-7,10,12H,8-9,11H2,1H3,(H,18,21)(H,19,22)/t12-/m0/s1. The Balaban J connectivity index is 1.70. The smallest absolute Gasteiger partial charge is 0.241 e. The third kappa shape index (κ3) is 3.09. The molecule has 1 atom stereocenters. The number of piperazine rings is 1. The summed E-state index contributed by atoms with van der Waals surface area (Å²) < 4.78 is 0. The minimum Gasteiger partial charge on any atom is -0.354 e. The molecule has 0 radical (unpaired) electrons. The summed E-state index contributed by atoms with van der Waals surface area (Å²) in [4.78, 5) is 25.7. The van der Waals surface area contributed by atoms with Crippen LogP contribution in [0.2, 0.25) is 0 Å². The summed E-state index contributed by atoms with van der Waals surface area (Å²) in [5.74, 6) is -0.124. The zero-order valence-corrected chi connectivity index (χ0v) is 12.5. The summed E-state index contributed by atoms with van der Waals surface area (Å²) in [6.07, 6.45) is 0. The second-order valence-corrected chi connectivity index (χ2v) is 5.55. The van der Waals surface area contributed by atoms with Crippen LogP contribution in [0.1, 0.15) is 6.92 Å². The zero-order chi connectivity index (χ0) is 15.5. The number of nitrogens with zero attached hydrogens (tertiary/aromatic N) is 1. The summed E-state index contributed by atoms with van der Waals surface area (Å²) in [6, 6.07) is 13.5. The molecule has 114 valence electrons. The van der Waals surface area contributed by atoms with Crippen molar-refractivity contribution < 1.29 is 9.59 Å². The summed E-state index contributed by atoms with van der Waals surface area (Å²) in [5, 5.41) is 7.93. The maximum Gasteiger partial charge on any atom is 0.241 e. The zero-order valence-electron chi connectivity index (χ0n) is 12.5. The quantitative estimate of drug-likeness (QED) is 0.904. The van der Waals surface area contributed by atoms with E-state index in [9.17, 15) is 9.59 Å². The Morgan fingerprint density at radius 3 is 2.77 bits per heavy atom. The molecule has 0 unspecified atom stereocenters. The molecule has 2 aromatic rings. The first kappa shape index (κ1) is 14.5. The van der Waals surface area contributed by atoms with E-state index in [1.165, 1.54) is 0 Å². The average molecular weight is 297 g/mol. The van der Waals surface area contributed by atoms with Gasteiger partial charge < -0.3 is 10.6 Å². The number of anilines is 1. The number of nitrogens with one attached hydrogen (secondary N) is 2. The number of carbonyl (C=O) groups excluding carboxylic acids is 2. The maximum absolute atomic E-state index is 12.4. The highest BCUT2D eigenvalue weighted by molar-refractivity contribution is 5.97. The van der Waals surface area contributed by atoms with Crippen molar-refractivity contribution in [3.05, 3.63) is 42.5 Å². The molecule has 2 N–H and O–H groups in total. The van der Waals surface area contributed by atoms with Crippen LogP contribution in [0.15, 0.2) is 42.5 Å². The second-order valence-electron chi connectivity index (χ2n) is 5.55. The Kier molecular flexibility index (Phi) is 4.06. The molecule has 1 heterocycles. The van der Waals surface area contributed by atoms with Gasteiger partial charge in [-0.25, -0.2) is 0 Å². The van der Waals surface area contributed by atoms with Gasteiger partial charge in [0.25, 0.3) is 0 Å². The molecular weight excluding hydrogens is 278 g/mol. The largest absolute Gasteiger partial charge is 0.354 e. The lowest BCUT2D eigenvalue weighted by molar-refractivity contribution is -0.127. The van der Waals surface area contributed by atoms with Crippen molar-refractivity contribution in [2.75, 3.05) is 25.0 Å². The summed E-state index contributed by atoms with van der Waals surface area (Å²) in [5.41, 5.74) is 0.775. The lowest BCUT2D eigenvalue weighted by atomic mass is 10.1. The van der Waals surface area contributed by atoms with Gasteiger partial charge in [-0.2, -0.15) is 0 Å². The molecule has 3 rings (SSSR count). The first-order chi connectivity index (χ1) is 10.6. The van der Waals surface area contributed by atoms with Gasteiger partial charge in [0.15, 0.2) is 0 Å². The van der Waals surface area contributed by atoms with Gasteiger partial charge in [-0.05, 0) is 29.8 Å². The summed E-state index contributed by atoms with van der Waals surface area (Å²) in [6.45, 7) is 3.38. The Bertz CT molecular complexity index is 714. The molecule has 2 aromatic carbocycles. The van der Waals surface area contributed by atoms with E-state index in [1.807, 2.05) is 54.3 Å². The molecular formula is C17H19N3O2. The highest BCUT2D eigenvalue weighted by atomic mass is 16.2. The number of benzene rings is 2. The number of hydrogen-bond donors (Lipinski definition) is 2. The molecule has 0 aliphatic carbocycles. The van der Waals surface area contributed by atoms with Crippen LogP contribution in [0.3, 0.4) is 0 Å². The number of amides is 2. The van der Waals surface area contributed by atoms with E-state index < -0.39 is 0 Å². The monoisotopic (exact) mass is 297 g/mol. The van der Waals surface area contributed by atoms with E-state index in [0.29, 0.717) is 13.1 Å². The second kappa shape index (κ2) is 6.15. The first-order valence-electron chi connectivity index (χ1n) is 7.44. The number of carbonyl (C=O) groups is 2. The topological polar surface area (TPSA) is 61.4 Å². The number of fused-ring (bicyclic) bond motifs is 1. The third-order valence-corrected chi connectivity index (χ3v) is 4.01. The lowest BCUT2D eigenvalue weighted by Gasteiger charge is -2.31. The fourth-order valence-corrected chi connectivity index (χ4v) is 2.67. The van der Waals surface area contributed by atoms with E-state index in [0.717, 1.165) is 16.5 Å². The van der Waals surface area contributed by atoms with Crippen LogP contribution in [0.25, 0.3) is 10.8 Å². The molecule has 5 nitrogen and oxygen atoms in total. The van der Waals surface area contributed by atoms with E-state index in [-0.39, 0.29) is 24.4 Å². The predicted octanol–water partition coefficient (Wildman–Crippen LogP) is 1.60. The highest BCUT2D eigenvalue weighted by Crippen LogP contribution is 2.19. The van der Waals surface area contributed by atoms with E-state index >= 15 is 0 Å². The van der Waals surface area contributed by atoms with Crippen LogP contribution in [-0.2, 0) is 9.59 Å². The first-order valence-corrected chi connectivity index (χ1v) is 7.44. The van der Waals surface area contributed by atoms with E-state index in [1.54, 1.807) is 0 Å². The normalized spacial score (nSPS) is 17.0. The SMILES string of the molecule is C[C@@H](C(=O)Nc1ccc2ccccc2c1)N1CCNC(=O)C1. The molecule has 0 saturated carbocycles. The van der Waals surface area contributed by atoms with Gasteiger partial charge in [-0.1, -0.05) is 30.3 Å². The van der Waals surface area contributed by atoms with Crippen LogP contribution in [0.5, 0.6) is 0 Å². The van der Waals surface area contributed by atoms with Gasteiger partial charge in [0.05, 0.1) is 12.6 Å². The Morgan fingerprint density at radius 2 is 2.00 bits per heavy atom. The van der Waals surface area contributed by atoms with Crippen molar-refractivity contribution in [3.63, 3.8) is 0 Å². The van der Waals surface area contributed by atoms with Crippen molar-refractivity contribution >= 4 is 28.3 Å². The lowest BCUT2D eigenvalue weighted by Crippen LogP contribution is -2.53. The van der Waals surface area contributed by atoms with Crippen LogP contribution >= 0.6 is 0 Å². The molecule has 0 bridgehead atoms. The Hall–Kier alpha value is -2.40. The van der Waals surface area contributed by atoms with Crippen LogP contribution < -0.4 is 10.6 Å². The van der Waals surface area contributed by atoms with E-state index in [2.05, 4.69) is 10.6 Å². The van der Waals surface area contributed by atoms with Gasteiger partial charge in [-0.3, -0.25) is 14.5 Å². The van der Waals surface area contributed by atoms with E-state index in [4.69, 9.17) is 0 Å². The van der Waals surface area contributed by atoms with Crippen LogP contribution in [-0.4, -0.2) is 42.4 Å². The predicted molar refractivity (Wildman–Crippen MR) is 86.6 cm³/mol. The minimum atomic E-state index is -0.336. The summed E-state index contributed by atoms with van der Waals surface area (Å²) >= 11 is 0. The molecule has 1 aliphatic heterocycles. The van der Waals surface area contributed by atoms with Crippen molar-refractivity contribution in [1.29, 1.82) is 0 Å². The van der Waals surface area contributed by atoms with Gasteiger partial charge in [-0.15, -0.1) is 0 Å². The maximum atomic E-state index is 12.4. The van der Waals surface area contributed by atoms with Crippen molar-refractivity contribution in [1.82, 2.24) is 10.2 Å². The van der Waals surface area contributed by atoms with Crippen LogP contribution in [0, 0.1) is 0 Å². The minimum absolute atomic E-state index is 0.0309. The number of hydrogen-bond acceptors (Lipinski definition) is 3. The molecule has 2 amide bonds. The summed E-state index contributed by atoms with van der Waals surface area (Å²) in [7, 11) is 0.